The van der Waals surface area contributed by atoms with Gasteiger partial charge in [-0.05, 0) is 116 Å². The Kier molecular flexibility index (Phi) is 16.1. The molecule has 0 aliphatic heterocycles. The van der Waals surface area contributed by atoms with Crippen molar-refractivity contribution in [1.82, 2.24) is 0 Å². The van der Waals surface area contributed by atoms with Crippen LogP contribution in [-0.4, -0.2) is 0 Å². The molecule has 9 unspecified atom stereocenters. The van der Waals surface area contributed by atoms with Crippen molar-refractivity contribution in [3.05, 3.63) is 0 Å². The molecule has 0 spiro atoms. The van der Waals surface area contributed by atoms with Crippen LogP contribution in [0.1, 0.15) is 179 Å². The Morgan fingerprint density at radius 3 is 1.86 bits per heavy atom. The summed E-state index contributed by atoms with van der Waals surface area (Å²) >= 11 is 0. The van der Waals surface area contributed by atoms with Gasteiger partial charge in [0.1, 0.15) is 0 Å². The molecule has 0 saturated heterocycles. The minimum absolute atomic E-state index is 0.663. The molecule has 0 radical (unpaired) electrons. The summed E-state index contributed by atoms with van der Waals surface area (Å²) in [5.41, 5.74) is 1.37. The average Bonchev–Trinajstić information content (AvgIpc) is 3.26. The zero-order valence-electron chi connectivity index (χ0n) is 28.2. The van der Waals surface area contributed by atoms with Gasteiger partial charge in [0.05, 0.1) is 0 Å². The molecule has 0 heteroatoms. The lowest BCUT2D eigenvalue weighted by Crippen LogP contribution is -2.53. The number of hydrogen-bond donors (Lipinski definition) is 0. The van der Waals surface area contributed by atoms with E-state index in [2.05, 4.69) is 55.4 Å². The van der Waals surface area contributed by atoms with Gasteiger partial charge in [0, 0.05) is 0 Å². The van der Waals surface area contributed by atoms with Crippen molar-refractivity contribution in [2.45, 2.75) is 179 Å². The molecular formula is C37H74. The van der Waals surface area contributed by atoms with Crippen molar-refractivity contribution in [3.8, 4) is 0 Å². The molecule has 0 N–H and O–H groups in total. The Labute approximate surface area is 237 Å². The fourth-order valence-electron chi connectivity index (χ4n) is 10.1. The predicted molar refractivity (Wildman–Crippen MR) is 170 cm³/mol. The molecule has 4 aliphatic rings. The van der Waals surface area contributed by atoms with Crippen LogP contribution >= 0.6 is 0 Å². The third kappa shape index (κ3) is 8.03. The molecule has 0 heterocycles. The van der Waals surface area contributed by atoms with Crippen molar-refractivity contribution < 1.29 is 0 Å². The number of rotatable bonds is 7. The van der Waals surface area contributed by atoms with Crippen LogP contribution in [0, 0.1) is 58.2 Å². The lowest BCUT2D eigenvalue weighted by atomic mass is 9.44. The van der Waals surface area contributed by atoms with Gasteiger partial charge in [-0.1, -0.05) is 122 Å². The molecule has 222 valence electrons. The normalized spacial score (nSPS) is 37.7. The molecule has 0 aromatic heterocycles. The van der Waals surface area contributed by atoms with Gasteiger partial charge in [-0.15, -0.1) is 0 Å². The van der Waals surface area contributed by atoms with E-state index in [1.165, 1.54) is 44.9 Å². The smallest absolute Gasteiger partial charge is 0.0264 e. The highest BCUT2D eigenvalue weighted by molar-refractivity contribution is 5.09. The van der Waals surface area contributed by atoms with E-state index in [-0.39, 0.29) is 0 Å². The van der Waals surface area contributed by atoms with E-state index >= 15 is 0 Å². The molecule has 0 amide bonds. The van der Waals surface area contributed by atoms with Gasteiger partial charge in [-0.25, -0.2) is 0 Å². The zero-order chi connectivity index (χ0) is 28.2. The van der Waals surface area contributed by atoms with Crippen molar-refractivity contribution in [2.75, 3.05) is 0 Å². The van der Waals surface area contributed by atoms with Gasteiger partial charge in [-0.3, -0.25) is 0 Å². The quantitative estimate of drug-likeness (QED) is 0.314. The third-order valence-electron chi connectivity index (χ3n) is 11.9. The topological polar surface area (TPSA) is 0 Å². The van der Waals surface area contributed by atoms with Crippen LogP contribution in [0.25, 0.3) is 0 Å². The lowest BCUT2D eigenvalue weighted by molar-refractivity contribution is -0.114. The molecule has 4 saturated carbocycles. The maximum atomic E-state index is 2.77. The summed E-state index contributed by atoms with van der Waals surface area (Å²) in [7, 11) is 0. The van der Waals surface area contributed by atoms with Gasteiger partial charge in [0.2, 0.25) is 0 Å². The standard InChI is InChI=1S/C30H54.C3H8.2C2H6/c1-7-10-23(21(2)3)13-12-22(4)26-16-17-27-25-15-14-24-11-8-9-19-29(24,5)28(25)18-20-30(26,27)6;1-3-2;2*1-2/h21-28H,7-20H2,1-6H3;3H2,1-2H3;2*1-2H3. The van der Waals surface area contributed by atoms with Crippen LogP contribution in [0.4, 0.5) is 0 Å². The molecule has 37 heavy (non-hydrogen) atoms. The molecule has 9 atom stereocenters. The first-order valence-electron chi connectivity index (χ1n) is 17.7. The predicted octanol–water partition coefficient (Wildman–Crippen LogP) is 13.0. The Morgan fingerprint density at radius 1 is 0.649 bits per heavy atom. The van der Waals surface area contributed by atoms with E-state index in [1.807, 2.05) is 27.7 Å². The summed E-state index contributed by atoms with van der Waals surface area (Å²) in [6.45, 7) is 27.7. The van der Waals surface area contributed by atoms with Gasteiger partial charge in [0.25, 0.3) is 0 Å². The van der Waals surface area contributed by atoms with E-state index in [0.29, 0.717) is 10.8 Å². The third-order valence-corrected chi connectivity index (χ3v) is 11.9. The Morgan fingerprint density at radius 2 is 1.27 bits per heavy atom. The summed E-state index contributed by atoms with van der Waals surface area (Å²) in [5, 5.41) is 0. The van der Waals surface area contributed by atoms with E-state index in [9.17, 15) is 0 Å². The number of fused-ring (bicyclic) bond motifs is 5. The summed E-state index contributed by atoms with van der Waals surface area (Å²) < 4.78 is 0. The second-order valence-electron chi connectivity index (χ2n) is 14.2. The molecule has 0 bridgehead atoms. The fraction of sp³-hybridized carbons (Fsp3) is 1.00. The lowest BCUT2D eigenvalue weighted by Gasteiger charge is -2.61. The Hall–Kier alpha value is 0. The van der Waals surface area contributed by atoms with Crippen LogP contribution in [0.15, 0.2) is 0 Å². The van der Waals surface area contributed by atoms with Gasteiger partial charge < -0.3 is 0 Å². The highest BCUT2D eigenvalue weighted by Gasteiger charge is 2.60. The van der Waals surface area contributed by atoms with Gasteiger partial charge in [0.15, 0.2) is 0 Å². The monoisotopic (exact) mass is 519 g/mol. The van der Waals surface area contributed by atoms with E-state index < -0.39 is 0 Å². The summed E-state index contributed by atoms with van der Waals surface area (Å²) in [6, 6.07) is 0. The summed E-state index contributed by atoms with van der Waals surface area (Å²) in [6.07, 6.45) is 22.6. The highest BCUT2D eigenvalue weighted by Crippen LogP contribution is 2.68. The van der Waals surface area contributed by atoms with Gasteiger partial charge >= 0.3 is 0 Å². The number of hydrogen-bond acceptors (Lipinski definition) is 0. The maximum Gasteiger partial charge on any atom is -0.0264 e. The van der Waals surface area contributed by atoms with Crippen LogP contribution in [0.5, 0.6) is 0 Å². The first kappa shape index (κ1) is 35.0. The molecule has 0 aromatic carbocycles. The SMILES string of the molecule is CC.CC.CCC.CCCC(CCC(C)C1CCC2C3CCC4CCCCC4(C)C3CCC12C)C(C)C. The first-order chi connectivity index (χ1) is 17.7. The second-order valence-corrected chi connectivity index (χ2v) is 14.2. The van der Waals surface area contributed by atoms with Crippen LogP contribution in [0.3, 0.4) is 0 Å². The van der Waals surface area contributed by atoms with Crippen molar-refractivity contribution in [1.29, 1.82) is 0 Å². The molecule has 0 nitrogen and oxygen atoms in total. The summed E-state index contributed by atoms with van der Waals surface area (Å²) in [5.74, 6) is 8.04. The van der Waals surface area contributed by atoms with Crippen LogP contribution < -0.4 is 0 Å². The van der Waals surface area contributed by atoms with Crippen molar-refractivity contribution in [2.24, 2.45) is 58.2 Å². The zero-order valence-corrected chi connectivity index (χ0v) is 28.2. The Bertz CT molecular complexity index is 577. The largest absolute Gasteiger partial charge is 0.0683 e. The molecule has 4 rings (SSSR count). The van der Waals surface area contributed by atoms with Crippen molar-refractivity contribution >= 4 is 0 Å². The van der Waals surface area contributed by atoms with Crippen molar-refractivity contribution in [3.63, 3.8) is 0 Å². The van der Waals surface area contributed by atoms with E-state index in [4.69, 9.17) is 0 Å². The molecule has 4 fully saturated rings. The molecule has 0 aromatic rings. The van der Waals surface area contributed by atoms with Crippen LogP contribution in [0.2, 0.25) is 0 Å². The Balaban J connectivity index is 0.000000894. The first-order valence-corrected chi connectivity index (χ1v) is 17.7. The highest BCUT2D eigenvalue weighted by atomic mass is 14.6. The average molecular weight is 519 g/mol. The minimum atomic E-state index is 0.663. The second kappa shape index (κ2) is 17.0. The van der Waals surface area contributed by atoms with E-state index in [1.54, 1.807) is 51.4 Å². The summed E-state index contributed by atoms with van der Waals surface area (Å²) in [4.78, 5) is 0. The van der Waals surface area contributed by atoms with E-state index in [0.717, 1.165) is 47.3 Å². The minimum Gasteiger partial charge on any atom is -0.0683 e. The maximum absolute atomic E-state index is 2.77. The van der Waals surface area contributed by atoms with Crippen LogP contribution in [-0.2, 0) is 0 Å². The van der Waals surface area contributed by atoms with Gasteiger partial charge in [-0.2, -0.15) is 0 Å². The molecular weight excluding hydrogens is 444 g/mol. The fourth-order valence-corrected chi connectivity index (χ4v) is 10.1. The molecule has 4 aliphatic carbocycles.